The first-order chi connectivity index (χ1) is 13.9. The fourth-order valence-corrected chi connectivity index (χ4v) is 4.52. The van der Waals surface area contributed by atoms with Gasteiger partial charge in [0.2, 0.25) is 5.91 Å². The van der Waals surface area contributed by atoms with Crippen LogP contribution in [0.5, 0.6) is 5.75 Å². The third kappa shape index (κ3) is 5.93. The van der Waals surface area contributed by atoms with Gasteiger partial charge in [0.25, 0.3) is 0 Å². The summed E-state index contributed by atoms with van der Waals surface area (Å²) in [4.78, 5) is 17.1. The molecule has 2 saturated heterocycles. The van der Waals surface area contributed by atoms with Gasteiger partial charge in [-0.15, -0.1) is 0 Å². The Labute approximate surface area is 174 Å². The van der Waals surface area contributed by atoms with E-state index in [2.05, 4.69) is 18.7 Å². The minimum Gasteiger partial charge on any atom is -0.508 e. The normalized spacial score (nSPS) is 21.4. The molecule has 0 radical (unpaired) electrons. The summed E-state index contributed by atoms with van der Waals surface area (Å²) in [5.74, 6) is 0.404. The second-order valence-corrected chi connectivity index (χ2v) is 8.94. The van der Waals surface area contributed by atoms with Crippen LogP contribution in [-0.2, 0) is 20.7 Å². The van der Waals surface area contributed by atoms with Crippen LogP contribution >= 0.6 is 0 Å². The molecule has 0 saturated carbocycles. The highest BCUT2D eigenvalue weighted by molar-refractivity contribution is 5.78. The second-order valence-electron chi connectivity index (χ2n) is 8.94. The average molecular weight is 405 g/mol. The van der Waals surface area contributed by atoms with Gasteiger partial charge in [-0.3, -0.25) is 9.69 Å². The quantitative estimate of drug-likeness (QED) is 0.722. The van der Waals surface area contributed by atoms with Crippen molar-refractivity contribution in [2.75, 3.05) is 46.5 Å². The van der Waals surface area contributed by atoms with Crippen molar-refractivity contribution in [2.24, 2.45) is 5.41 Å². The molecule has 1 aromatic carbocycles. The Bertz CT molecular complexity index is 653. The summed E-state index contributed by atoms with van der Waals surface area (Å²) in [5.41, 5.74) is 1.17. The molecule has 2 heterocycles. The molecule has 3 rings (SSSR count). The van der Waals surface area contributed by atoms with E-state index in [1.54, 1.807) is 19.2 Å². The Hall–Kier alpha value is -1.63. The van der Waals surface area contributed by atoms with Crippen molar-refractivity contribution in [3.05, 3.63) is 29.8 Å². The molecule has 162 valence electrons. The number of hydrogen-bond donors (Lipinski definition) is 1. The first kappa shape index (κ1) is 22.1. The van der Waals surface area contributed by atoms with Crippen molar-refractivity contribution < 1.29 is 19.4 Å². The molecule has 2 aliphatic heterocycles. The molecule has 2 fully saturated rings. The molecule has 2 aliphatic rings. The second kappa shape index (κ2) is 9.92. The molecule has 0 bridgehead atoms. The number of aromatic hydroxyl groups is 1. The van der Waals surface area contributed by atoms with E-state index in [1.165, 1.54) is 0 Å². The smallest absolute Gasteiger partial charge is 0.226 e. The summed E-state index contributed by atoms with van der Waals surface area (Å²) >= 11 is 0. The predicted octanol–water partition coefficient (Wildman–Crippen LogP) is 2.69. The van der Waals surface area contributed by atoms with E-state index < -0.39 is 0 Å². The van der Waals surface area contributed by atoms with Crippen LogP contribution in [0.25, 0.3) is 0 Å². The molecule has 6 heteroatoms. The molecular formula is C23H36N2O4. The zero-order valence-electron chi connectivity index (χ0n) is 18.1. The van der Waals surface area contributed by atoms with Crippen LogP contribution in [-0.4, -0.2) is 79.5 Å². The predicted molar refractivity (Wildman–Crippen MR) is 113 cm³/mol. The Morgan fingerprint density at radius 2 is 2.00 bits per heavy atom. The van der Waals surface area contributed by atoms with E-state index in [-0.39, 0.29) is 23.2 Å². The topological polar surface area (TPSA) is 62.2 Å². The van der Waals surface area contributed by atoms with Crippen LogP contribution in [0, 0.1) is 5.41 Å². The number of piperidine rings is 1. The maximum absolute atomic E-state index is 12.7. The molecule has 1 N–H and O–H groups in total. The van der Waals surface area contributed by atoms with Gasteiger partial charge in [0, 0.05) is 39.3 Å². The maximum Gasteiger partial charge on any atom is 0.226 e. The van der Waals surface area contributed by atoms with E-state index in [9.17, 15) is 9.90 Å². The number of likely N-dealkylation sites (tertiary alicyclic amines) is 1. The highest BCUT2D eigenvalue weighted by atomic mass is 16.5. The molecule has 29 heavy (non-hydrogen) atoms. The van der Waals surface area contributed by atoms with E-state index in [4.69, 9.17) is 9.47 Å². The van der Waals surface area contributed by atoms with E-state index in [0.29, 0.717) is 12.5 Å². The average Bonchev–Trinajstić information content (AvgIpc) is 3.09. The zero-order chi connectivity index (χ0) is 20.9. The number of benzene rings is 1. The first-order valence-electron chi connectivity index (χ1n) is 10.8. The highest BCUT2D eigenvalue weighted by Gasteiger charge is 2.43. The molecule has 0 unspecified atom stereocenters. The number of ether oxygens (including phenoxy) is 2. The standard InChI is InChI=1S/C23H36N2O4/c1-18(2)25(12-13-28-3)16-21-15-23(17-29-21)8-10-24(11-9-23)22(27)14-19-4-6-20(26)7-5-19/h4-7,18,21,26H,8-17H2,1-3H3/t21-/m0/s1. The third-order valence-corrected chi connectivity index (χ3v) is 6.51. The van der Waals surface area contributed by atoms with Crippen LogP contribution in [0.3, 0.4) is 0 Å². The lowest BCUT2D eigenvalue weighted by atomic mass is 9.76. The summed E-state index contributed by atoms with van der Waals surface area (Å²) < 4.78 is 11.4. The number of phenolic OH excluding ortho intramolecular Hbond substituents is 1. The summed E-state index contributed by atoms with van der Waals surface area (Å²) in [6, 6.07) is 7.38. The van der Waals surface area contributed by atoms with Gasteiger partial charge in [0.15, 0.2) is 0 Å². The van der Waals surface area contributed by atoms with Gasteiger partial charge in [-0.25, -0.2) is 0 Å². The van der Waals surface area contributed by atoms with Gasteiger partial charge < -0.3 is 19.5 Å². The van der Waals surface area contributed by atoms with Crippen molar-refractivity contribution in [1.29, 1.82) is 0 Å². The minimum atomic E-state index is 0.173. The fraction of sp³-hybridized carbons (Fsp3) is 0.696. The van der Waals surface area contributed by atoms with Crippen LogP contribution in [0.4, 0.5) is 0 Å². The number of carbonyl (C=O) groups is 1. The SMILES string of the molecule is COCCN(C[C@@H]1CC2(CCN(C(=O)Cc3ccc(O)cc3)CC2)CO1)C(C)C. The molecular weight excluding hydrogens is 368 g/mol. The third-order valence-electron chi connectivity index (χ3n) is 6.51. The van der Waals surface area contributed by atoms with Crippen molar-refractivity contribution >= 4 is 5.91 Å². The van der Waals surface area contributed by atoms with Crippen molar-refractivity contribution in [1.82, 2.24) is 9.80 Å². The summed E-state index contributed by atoms with van der Waals surface area (Å²) in [5, 5.41) is 9.39. The number of nitrogens with zero attached hydrogens (tertiary/aromatic N) is 2. The summed E-state index contributed by atoms with van der Waals surface area (Å²) in [6.07, 6.45) is 3.79. The summed E-state index contributed by atoms with van der Waals surface area (Å²) in [6.45, 7) is 9.50. The number of hydrogen-bond acceptors (Lipinski definition) is 5. The molecule has 0 aliphatic carbocycles. The minimum absolute atomic E-state index is 0.173. The lowest BCUT2D eigenvalue weighted by Gasteiger charge is -2.38. The van der Waals surface area contributed by atoms with Crippen LogP contribution in [0.15, 0.2) is 24.3 Å². The Kier molecular flexibility index (Phi) is 7.55. The maximum atomic E-state index is 12.7. The van der Waals surface area contributed by atoms with Crippen LogP contribution < -0.4 is 0 Å². The monoisotopic (exact) mass is 404 g/mol. The van der Waals surface area contributed by atoms with Crippen molar-refractivity contribution in [2.45, 2.75) is 51.7 Å². The summed E-state index contributed by atoms with van der Waals surface area (Å²) in [7, 11) is 1.75. The van der Waals surface area contributed by atoms with E-state index in [0.717, 1.165) is 64.2 Å². The molecule has 1 atom stereocenters. The van der Waals surface area contributed by atoms with E-state index >= 15 is 0 Å². The fourth-order valence-electron chi connectivity index (χ4n) is 4.52. The highest BCUT2D eigenvalue weighted by Crippen LogP contribution is 2.42. The largest absolute Gasteiger partial charge is 0.508 e. The van der Waals surface area contributed by atoms with Crippen molar-refractivity contribution in [3.8, 4) is 5.75 Å². The van der Waals surface area contributed by atoms with Crippen LogP contribution in [0.1, 0.15) is 38.7 Å². The van der Waals surface area contributed by atoms with Gasteiger partial charge in [0.05, 0.1) is 25.7 Å². The van der Waals surface area contributed by atoms with Crippen molar-refractivity contribution in [3.63, 3.8) is 0 Å². The van der Waals surface area contributed by atoms with Gasteiger partial charge in [-0.1, -0.05) is 12.1 Å². The number of carbonyl (C=O) groups excluding carboxylic acids is 1. The van der Waals surface area contributed by atoms with Crippen LogP contribution in [0.2, 0.25) is 0 Å². The van der Waals surface area contributed by atoms with Gasteiger partial charge in [-0.2, -0.15) is 0 Å². The Morgan fingerprint density at radius 3 is 2.62 bits per heavy atom. The zero-order valence-corrected chi connectivity index (χ0v) is 18.1. The van der Waals surface area contributed by atoms with Gasteiger partial charge >= 0.3 is 0 Å². The molecule has 0 aromatic heterocycles. The number of amides is 1. The van der Waals surface area contributed by atoms with E-state index in [1.807, 2.05) is 17.0 Å². The number of methoxy groups -OCH3 is 1. The molecule has 1 spiro atoms. The Morgan fingerprint density at radius 1 is 1.31 bits per heavy atom. The first-order valence-corrected chi connectivity index (χ1v) is 10.8. The Balaban J connectivity index is 1.47. The lowest BCUT2D eigenvalue weighted by Crippen LogP contribution is -2.44. The molecule has 6 nitrogen and oxygen atoms in total. The molecule has 1 aromatic rings. The van der Waals surface area contributed by atoms with Gasteiger partial charge in [0.1, 0.15) is 5.75 Å². The number of rotatable bonds is 8. The van der Waals surface area contributed by atoms with Gasteiger partial charge in [-0.05, 0) is 56.2 Å². The molecule has 1 amide bonds. The lowest BCUT2D eigenvalue weighted by molar-refractivity contribution is -0.132. The number of phenols is 1.